The van der Waals surface area contributed by atoms with Crippen molar-refractivity contribution in [2.24, 2.45) is 0 Å². The van der Waals surface area contributed by atoms with Crippen LogP contribution >= 0.6 is 0 Å². The number of esters is 1. The maximum atomic E-state index is 14.1. The van der Waals surface area contributed by atoms with Gasteiger partial charge in [-0.05, 0) is 48.9 Å². The highest BCUT2D eigenvalue weighted by atomic mass is 16.7. The Morgan fingerprint density at radius 3 is 1.94 bits per heavy atom. The predicted molar refractivity (Wildman–Crippen MR) is 216 cm³/mol. The summed E-state index contributed by atoms with van der Waals surface area (Å²) in [5, 5.41) is 145. The van der Waals surface area contributed by atoms with E-state index in [9.17, 15) is 81.1 Å². The van der Waals surface area contributed by atoms with Crippen LogP contribution in [0.1, 0.15) is 12.5 Å². The summed E-state index contributed by atoms with van der Waals surface area (Å²) < 4.78 is 45.1. The fourth-order valence-corrected chi connectivity index (χ4v) is 7.30. The Bertz CT molecular complexity index is 2470. The minimum atomic E-state index is -2.00. The number of rotatable bonds is 12. The minimum absolute atomic E-state index is 0.127. The summed E-state index contributed by atoms with van der Waals surface area (Å²) in [6.45, 7) is -0.193. The molecule has 0 spiro atoms. The van der Waals surface area contributed by atoms with Crippen molar-refractivity contribution in [3.8, 4) is 51.6 Å². The molecule has 3 aromatic carbocycles. The van der Waals surface area contributed by atoms with Crippen LogP contribution < -0.4 is 14.9 Å². The molecule has 358 valence electrons. The molecule has 0 unspecified atom stereocenters. The van der Waals surface area contributed by atoms with Gasteiger partial charge in [-0.15, -0.1) is 0 Å². The van der Waals surface area contributed by atoms with Gasteiger partial charge < -0.3 is 109 Å². The Morgan fingerprint density at radius 1 is 0.652 bits per heavy atom. The Morgan fingerprint density at radius 2 is 1.27 bits per heavy atom. The van der Waals surface area contributed by atoms with E-state index in [1.807, 2.05) is 0 Å². The zero-order valence-electron chi connectivity index (χ0n) is 34.2. The van der Waals surface area contributed by atoms with Crippen LogP contribution in [-0.4, -0.2) is 183 Å². The summed E-state index contributed by atoms with van der Waals surface area (Å²) in [7, 11) is 0. The van der Waals surface area contributed by atoms with Gasteiger partial charge in [-0.2, -0.15) is 0 Å². The number of phenols is 5. The number of carbonyl (C=O) groups excluding carboxylic acids is 1. The molecular weight excluding hydrogens is 888 g/mol. The number of phenolic OH excluding ortho intramolecular Hbond substituents is 5. The lowest BCUT2D eigenvalue weighted by molar-refractivity contribution is -0.350. The molecule has 0 bridgehead atoms. The normalized spacial score (nSPS) is 32.6. The van der Waals surface area contributed by atoms with Crippen molar-refractivity contribution in [1.29, 1.82) is 0 Å². The van der Waals surface area contributed by atoms with Gasteiger partial charge in [0.15, 0.2) is 35.0 Å². The van der Waals surface area contributed by atoms with E-state index >= 15 is 0 Å². The lowest BCUT2D eigenvalue weighted by Gasteiger charge is -2.45. The summed E-state index contributed by atoms with van der Waals surface area (Å²) in [5.41, 5.74) is -1.37. The van der Waals surface area contributed by atoms with Crippen molar-refractivity contribution in [2.75, 3.05) is 13.2 Å². The maximum Gasteiger partial charge on any atom is 0.330 e. The van der Waals surface area contributed by atoms with Crippen LogP contribution in [0.25, 0.3) is 28.4 Å². The molecule has 14 N–H and O–H groups in total. The Hall–Kier alpha value is -5.84. The van der Waals surface area contributed by atoms with Gasteiger partial charge in [-0.3, -0.25) is 4.79 Å². The number of hydrogen-bond acceptors (Lipinski definition) is 24. The van der Waals surface area contributed by atoms with Gasteiger partial charge in [0.05, 0.1) is 12.7 Å². The third-order valence-corrected chi connectivity index (χ3v) is 11.0. The molecule has 4 heterocycles. The third kappa shape index (κ3) is 9.67. The first kappa shape index (κ1) is 48.1. The maximum absolute atomic E-state index is 14.1. The first-order valence-corrected chi connectivity index (χ1v) is 20.0. The fourth-order valence-electron chi connectivity index (χ4n) is 7.30. The van der Waals surface area contributed by atoms with Crippen LogP contribution in [0.4, 0.5) is 0 Å². The molecule has 3 saturated heterocycles. The molecule has 3 fully saturated rings. The molecule has 4 aromatic rings. The van der Waals surface area contributed by atoms with Crippen LogP contribution in [0.2, 0.25) is 0 Å². The summed E-state index contributed by atoms with van der Waals surface area (Å²) >= 11 is 0. The Labute approximate surface area is 370 Å². The fraction of sp³-hybridized carbons (Fsp3) is 0.429. The van der Waals surface area contributed by atoms with Crippen molar-refractivity contribution in [3.63, 3.8) is 0 Å². The van der Waals surface area contributed by atoms with E-state index in [1.165, 1.54) is 37.3 Å². The quantitative estimate of drug-likeness (QED) is 0.0395. The summed E-state index contributed by atoms with van der Waals surface area (Å²) in [4.78, 5) is 26.5. The van der Waals surface area contributed by atoms with Crippen LogP contribution in [-0.2, 0) is 28.5 Å². The van der Waals surface area contributed by atoms with Crippen LogP contribution in [0, 0.1) is 0 Å². The highest BCUT2D eigenvalue weighted by Gasteiger charge is 2.51. The smallest absolute Gasteiger partial charge is 0.330 e. The van der Waals surface area contributed by atoms with Gasteiger partial charge in [-0.25, -0.2) is 4.79 Å². The van der Waals surface area contributed by atoms with E-state index in [2.05, 4.69) is 0 Å². The first-order valence-electron chi connectivity index (χ1n) is 20.0. The van der Waals surface area contributed by atoms with Crippen molar-refractivity contribution in [3.05, 3.63) is 70.4 Å². The van der Waals surface area contributed by atoms with Gasteiger partial charge in [0.25, 0.3) is 0 Å². The molecule has 3 aliphatic rings. The number of aromatic hydroxyl groups is 5. The van der Waals surface area contributed by atoms with E-state index in [-0.39, 0.29) is 17.1 Å². The second-order valence-electron chi connectivity index (χ2n) is 15.6. The standard InChI is InChI=1S/C42H46O24/c1-14-28(50)38(65-41-35(57)33(55)30(52)25(64-41)13-59-26(49)7-3-15-2-5-18(44)20(46)8-15)36(58)42(60-14)61-17-10-22(48)27-23(11-17)62-37(16-4-6-19(45)21(47)9-16)39(31(27)53)66-40-34(56)32(54)29(51)24(12-43)63-40/h2-11,14,24-25,28-30,32-36,38,40-48,50-52,54-58H,12-13H2,1H3/b7-3-/t14-,24+,25-,28-,29-,30+,32+,33-,34+,35+,36+,38+,40+,41+,42+/m0/s1. The van der Waals surface area contributed by atoms with E-state index < -0.39 is 162 Å². The lowest BCUT2D eigenvalue weighted by atomic mass is 9.97. The monoisotopic (exact) mass is 934 g/mol. The molecule has 1 aromatic heterocycles. The number of aliphatic hydroxyl groups is 9. The summed E-state index contributed by atoms with van der Waals surface area (Å²) in [5.74, 6) is -5.49. The average molecular weight is 935 g/mol. The van der Waals surface area contributed by atoms with E-state index in [1.54, 1.807) is 0 Å². The Kier molecular flexibility index (Phi) is 14.3. The highest BCUT2D eigenvalue weighted by Crippen LogP contribution is 2.41. The van der Waals surface area contributed by atoms with E-state index in [0.29, 0.717) is 5.56 Å². The molecule has 0 radical (unpaired) electrons. The molecule has 66 heavy (non-hydrogen) atoms. The largest absolute Gasteiger partial charge is 0.507 e. The molecule has 24 heteroatoms. The van der Waals surface area contributed by atoms with Crippen molar-refractivity contribution in [1.82, 2.24) is 0 Å². The number of carbonyl (C=O) groups is 1. The summed E-state index contributed by atoms with van der Waals surface area (Å²) in [6, 6.07) is 8.88. The molecule has 7 rings (SSSR count). The summed E-state index contributed by atoms with van der Waals surface area (Å²) in [6.07, 6.45) is -24.5. The minimum Gasteiger partial charge on any atom is -0.507 e. The second kappa shape index (κ2) is 19.6. The molecule has 24 nitrogen and oxygen atoms in total. The van der Waals surface area contributed by atoms with Gasteiger partial charge >= 0.3 is 5.97 Å². The van der Waals surface area contributed by atoms with Crippen molar-refractivity contribution >= 4 is 23.0 Å². The number of benzene rings is 3. The highest BCUT2D eigenvalue weighted by molar-refractivity contribution is 5.89. The van der Waals surface area contributed by atoms with Gasteiger partial charge in [0, 0.05) is 23.8 Å². The molecule has 0 amide bonds. The van der Waals surface area contributed by atoms with E-state index in [0.717, 1.165) is 30.3 Å². The number of ether oxygens (including phenoxy) is 7. The molecule has 15 atom stereocenters. The van der Waals surface area contributed by atoms with Crippen LogP contribution in [0.5, 0.6) is 40.2 Å². The Balaban J connectivity index is 1.11. The number of hydrogen-bond donors (Lipinski definition) is 14. The van der Waals surface area contributed by atoms with Crippen LogP contribution in [0.3, 0.4) is 0 Å². The lowest BCUT2D eigenvalue weighted by Crippen LogP contribution is -2.64. The average Bonchev–Trinajstić information content (AvgIpc) is 3.28. The second-order valence-corrected chi connectivity index (χ2v) is 15.6. The number of aliphatic hydroxyl groups excluding tert-OH is 9. The van der Waals surface area contributed by atoms with Gasteiger partial charge in [0.2, 0.25) is 23.8 Å². The molecule has 0 aliphatic carbocycles. The number of fused-ring (bicyclic) bond motifs is 1. The third-order valence-electron chi connectivity index (χ3n) is 11.0. The molecule has 0 saturated carbocycles. The molecule has 3 aliphatic heterocycles. The SMILES string of the molecule is C[C@@H]1O[C@H](Oc2cc(O)c3c(=O)c(O[C@H]4O[C@H](CO)[C@H](O)[C@@H](O)[C@H]4O)c(-c4ccc(O)c(O)c4)oc3c2)[C@H](O)[C@H](O[C@H]2O[C@@H](COC(=O)/C=C\c3ccc(O)c(O)c3)[C@@H](O)[C@H](O)[C@H]2O)[C@H]1O. The van der Waals surface area contributed by atoms with Gasteiger partial charge in [-0.1, -0.05) is 6.07 Å². The zero-order chi connectivity index (χ0) is 47.9. The molecular formula is C42H46O24. The topological polar surface area (TPSA) is 395 Å². The van der Waals surface area contributed by atoms with Crippen LogP contribution in [0.15, 0.2) is 63.8 Å². The van der Waals surface area contributed by atoms with E-state index in [4.69, 9.17) is 37.6 Å². The predicted octanol–water partition coefficient (Wildman–Crippen LogP) is -2.54. The van der Waals surface area contributed by atoms with Crippen molar-refractivity contribution < 1.29 is 114 Å². The van der Waals surface area contributed by atoms with Crippen molar-refractivity contribution in [2.45, 2.75) is 99.0 Å². The zero-order valence-corrected chi connectivity index (χ0v) is 34.2. The first-order chi connectivity index (χ1) is 31.3. The van der Waals surface area contributed by atoms with Gasteiger partial charge in [0.1, 0.15) is 96.2 Å².